The Kier molecular flexibility index (Phi) is 7.72. The topological polar surface area (TPSA) is 50.4 Å². The van der Waals surface area contributed by atoms with Gasteiger partial charge in [0.15, 0.2) is 0 Å². The fourth-order valence-corrected chi connectivity index (χ4v) is 1.67. The first-order valence-electron chi connectivity index (χ1n) is 5.69. The van der Waals surface area contributed by atoms with Crippen molar-refractivity contribution in [3.05, 3.63) is 0 Å². The van der Waals surface area contributed by atoms with Gasteiger partial charge in [-0.2, -0.15) is 0 Å². The second-order valence-electron chi connectivity index (χ2n) is 4.28. The van der Waals surface area contributed by atoms with Crippen LogP contribution in [0.4, 0.5) is 0 Å². The maximum atomic E-state index is 11.8. The summed E-state index contributed by atoms with van der Waals surface area (Å²) < 4.78 is 5.05. The summed E-state index contributed by atoms with van der Waals surface area (Å²) in [7, 11) is 1.66. The lowest BCUT2D eigenvalue weighted by atomic mass is 9.88. The van der Waals surface area contributed by atoms with Gasteiger partial charge in [0.2, 0.25) is 5.91 Å². The minimum absolute atomic E-state index is 0. The number of carbonyl (C=O) groups excluding carboxylic acids is 1. The third-order valence-electron chi connectivity index (χ3n) is 3.14. The molecule has 0 radical (unpaired) electrons. The Morgan fingerprint density at radius 2 is 2.19 bits per heavy atom. The van der Waals surface area contributed by atoms with E-state index in [9.17, 15) is 4.79 Å². The minimum Gasteiger partial charge on any atom is -0.383 e. The highest BCUT2D eigenvalue weighted by Crippen LogP contribution is 2.16. The predicted octanol–water partition coefficient (Wildman–Crippen LogP) is 0.805. The normalized spacial score (nSPS) is 19.2. The van der Waals surface area contributed by atoms with Crippen molar-refractivity contribution in [2.45, 2.75) is 26.3 Å². The molecule has 0 bridgehead atoms. The average molecular weight is 251 g/mol. The van der Waals surface area contributed by atoms with Crippen molar-refractivity contribution in [2.75, 3.05) is 26.8 Å². The van der Waals surface area contributed by atoms with Crippen molar-refractivity contribution in [1.82, 2.24) is 10.6 Å². The average Bonchev–Trinajstić information content (AvgIpc) is 2.14. The lowest BCUT2D eigenvalue weighted by Gasteiger charge is -2.32. The molecule has 0 aromatic rings. The molecule has 1 heterocycles. The smallest absolute Gasteiger partial charge is 0.223 e. The van der Waals surface area contributed by atoms with Gasteiger partial charge in [0.05, 0.1) is 12.6 Å². The summed E-state index contributed by atoms with van der Waals surface area (Å²) in [6.45, 7) is 6.59. The number of hydrogen-bond donors (Lipinski definition) is 2. The highest BCUT2D eigenvalue weighted by Gasteiger charge is 2.29. The first kappa shape index (κ1) is 15.7. The number of amides is 1. The van der Waals surface area contributed by atoms with Crippen LogP contribution in [0.25, 0.3) is 0 Å². The fourth-order valence-electron chi connectivity index (χ4n) is 1.67. The summed E-state index contributed by atoms with van der Waals surface area (Å²) in [5, 5.41) is 6.21. The Labute approximate surface area is 104 Å². The van der Waals surface area contributed by atoms with Gasteiger partial charge in [-0.15, -0.1) is 12.4 Å². The zero-order valence-electron chi connectivity index (χ0n) is 10.3. The number of nitrogens with one attached hydrogen (secondary N) is 2. The zero-order chi connectivity index (χ0) is 11.3. The van der Waals surface area contributed by atoms with Crippen LogP contribution in [-0.4, -0.2) is 38.8 Å². The molecule has 1 fully saturated rings. The van der Waals surface area contributed by atoms with Crippen molar-refractivity contribution >= 4 is 18.3 Å². The summed E-state index contributed by atoms with van der Waals surface area (Å²) in [6.07, 6.45) is 0.912. The lowest BCUT2D eigenvalue weighted by molar-refractivity contribution is -0.127. The number of ether oxygens (including phenoxy) is 1. The second kappa shape index (κ2) is 7.87. The first-order chi connectivity index (χ1) is 7.19. The second-order valence-corrected chi connectivity index (χ2v) is 4.28. The molecule has 1 aliphatic rings. The largest absolute Gasteiger partial charge is 0.383 e. The molecule has 0 aliphatic carbocycles. The molecule has 16 heavy (non-hydrogen) atoms. The van der Waals surface area contributed by atoms with E-state index in [4.69, 9.17) is 4.74 Å². The number of rotatable bonds is 6. The van der Waals surface area contributed by atoms with Gasteiger partial charge in [0.25, 0.3) is 0 Å². The third kappa shape index (κ3) is 4.28. The van der Waals surface area contributed by atoms with E-state index in [-0.39, 0.29) is 30.3 Å². The Hall–Kier alpha value is -0.320. The van der Waals surface area contributed by atoms with Crippen LogP contribution in [0.5, 0.6) is 0 Å². The number of hydrogen-bond acceptors (Lipinski definition) is 3. The highest BCUT2D eigenvalue weighted by molar-refractivity contribution is 5.85. The van der Waals surface area contributed by atoms with Gasteiger partial charge in [0, 0.05) is 13.0 Å². The molecular weight excluding hydrogens is 228 g/mol. The van der Waals surface area contributed by atoms with Crippen LogP contribution >= 0.6 is 12.4 Å². The molecule has 1 aliphatic heterocycles. The molecular formula is C11H23ClN2O2. The van der Waals surface area contributed by atoms with Crippen molar-refractivity contribution in [1.29, 1.82) is 0 Å². The Morgan fingerprint density at radius 1 is 1.56 bits per heavy atom. The fraction of sp³-hybridized carbons (Fsp3) is 0.909. The van der Waals surface area contributed by atoms with E-state index in [1.807, 2.05) is 6.92 Å². The van der Waals surface area contributed by atoms with E-state index >= 15 is 0 Å². The maximum absolute atomic E-state index is 11.8. The lowest BCUT2D eigenvalue weighted by Crippen LogP contribution is -2.51. The predicted molar refractivity (Wildman–Crippen MR) is 66.9 cm³/mol. The van der Waals surface area contributed by atoms with Crippen molar-refractivity contribution in [3.8, 4) is 0 Å². The van der Waals surface area contributed by atoms with Crippen LogP contribution in [-0.2, 0) is 9.53 Å². The molecule has 2 N–H and O–H groups in total. The van der Waals surface area contributed by atoms with Crippen LogP contribution in [0.3, 0.4) is 0 Å². The van der Waals surface area contributed by atoms with Gasteiger partial charge in [-0.1, -0.05) is 13.8 Å². The van der Waals surface area contributed by atoms with Crippen molar-refractivity contribution < 1.29 is 9.53 Å². The molecule has 2 unspecified atom stereocenters. The van der Waals surface area contributed by atoms with Gasteiger partial charge in [0.1, 0.15) is 0 Å². The van der Waals surface area contributed by atoms with Crippen LogP contribution in [0.15, 0.2) is 0 Å². The highest BCUT2D eigenvalue weighted by atomic mass is 35.5. The molecule has 96 valence electrons. The van der Waals surface area contributed by atoms with Gasteiger partial charge < -0.3 is 15.4 Å². The van der Waals surface area contributed by atoms with E-state index in [1.165, 1.54) is 0 Å². The summed E-state index contributed by atoms with van der Waals surface area (Å²) in [4.78, 5) is 11.8. The maximum Gasteiger partial charge on any atom is 0.223 e. The first-order valence-corrected chi connectivity index (χ1v) is 5.69. The summed E-state index contributed by atoms with van der Waals surface area (Å²) in [6, 6.07) is 0.151. The summed E-state index contributed by atoms with van der Waals surface area (Å²) in [5.41, 5.74) is 0. The van der Waals surface area contributed by atoms with E-state index in [2.05, 4.69) is 17.6 Å². The molecule has 1 amide bonds. The van der Waals surface area contributed by atoms with Crippen LogP contribution in [0.1, 0.15) is 20.3 Å². The van der Waals surface area contributed by atoms with Crippen molar-refractivity contribution in [3.63, 3.8) is 0 Å². The number of methoxy groups -OCH3 is 1. The van der Waals surface area contributed by atoms with Crippen molar-refractivity contribution in [2.24, 2.45) is 11.8 Å². The molecule has 0 spiro atoms. The number of halogens is 1. The molecule has 1 rings (SSSR count). The van der Waals surface area contributed by atoms with E-state index in [0.29, 0.717) is 12.5 Å². The Balaban J connectivity index is 0.00000225. The van der Waals surface area contributed by atoms with Crippen LogP contribution in [0.2, 0.25) is 0 Å². The molecule has 0 saturated carbocycles. The number of carbonyl (C=O) groups is 1. The van der Waals surface area contributed by atoms with Gasteiger partial charge in [-0.05, 0) is 25.4 Å². The van der Waals surface area contributed by atoms with Gasteiger partial charge >= 0.3 is 0 Å². The SMILES string of the molecule is CCC(COC)NC(=O)C(C)C1CNC1.Cl. The van der Waals surface area contributed by atoms with Gasteiger partial charge in [-0.25, -0.2) is 0 Å². The monoisotopic (exact) mass is 250 g/mol. The molecule has 0 aromatic carbocycles. The Morgan fingerprint density at radius 3 is 2.56 bits per heavy atom. The standard InChI is InChI=1S/C11H22N2O2.ClH/c1-4-10(7-15-3)13-11(14)8(2)9-5-12-6-9;/h8-10,12H,4-7H2,1-3H3,(H,13,14);1H. The van der Waals surface area contributed by atoms with Gasteiger partial charge in [-0.3, -0.25) is 4.79 Å². The van der Waals surface area contributed by atoms with Crippen LogP contribution < -0.4 is 10.6 Å². The summed E-state index contributed by atoms with van der Waals surface area (Å²) in [5.74, 6) is 0.771. The third-order valence-corrected chi connectivity index (χ3v) is 3.14. The minimum atomic E-state index is 0. The Bertz CT molecular complexity index is 210. The molecule has 5 heteroatoms. The van der Waals surface area contributed by atoms with E-state index in [1.54, 1.807) is 7.11 Å². The molecule has 1 saturated heterocycles. The van der Waals surface area contributed by atoms with E-state index in [0.717, 1.165) is 19.5 Å². The molecule has 0 aromatic heterocycles. The van der Waals surface area contributed by atoms with E-state index < -0.39 is 0 Å². The summed E-state index contributed by atoms with van der Waals surface area (Å²) >= 11 is 0. The molecule has 4 nitrogen and oxygen atoms in total. The quantitative estimate of drug-likeness (QED) is 0.734. The molecule has 2 atom stereocenters. The van der Waals surface area contributed by atoms with Crippen LogP contribution in [0, 0.1) is 11.8 Å². The zero-order valence-corrected chi connectivity index (χ0v) is 11.1.